The molecule has 3 aromatic rings. The molecule has 1 aliphatic heterocycles. The zero-order valence-electron chi connectivity index (χ0n) is 19.8. The lowest BCUT2D eigenvalue weighted by Gasteiger charge is -2.46. The van der Waals surface area contributed by atoms with E-state index in [0.29, 0.717) is 36.4 Å². The lowest BCUT2D eigenvalue weighted by molar-refractivity contribution is -0.134. The van der Waals surface area contributed by atoms with Gasteiger partial charge in [-0.2, -0.15) is 5.26 Å². The molecule has 4 rings (SSSR count). The number of carbonyl (C=O) groups excluding carboxylic acids is 2. The van der Waals surface area contributed by atoms with E-state index in [0.717, 1.165) is 11.1 Å². The van der Waals surface area contributed by atoms with E-state index in [9.17, 15) is 14.0 Å². The summed E-state index contributed by atoms with van der Waals surface area (Å²) in [4.78, 5) is 33.7. The average molecular weight is 463 g/mol. The number of hydrogen-bond acceptors (Lipinski definition) is 5. The number of piperazine rings is 1. The van der Waals surface area contributed by atoms with Crippen LogP contribution in [-0.2, 0) is 4.79 Å². The van der Waals surface area contributed by atoms with E-state index in [4.69, 9.17) is 9.68 Å². The molecule has 0 spiro atoms. The maximum atomic E-state index is 13.5. The molecule has 1 saturated heterocycles. The number of nitrogens with zero attached hydrogens (tertiary/aromatic N) is 4. The van der Waals surface area contributed by atoms with Crippen molar-refractivity contribution in [2.24, 2.45) is 0 Å². The summed E-state index contributed by atoms with van der Waals surface area (Å²) in [7, 11) is 0. The molecule has 2 amide bonds. The first-order valence-electron chi connectivity index (χ1n) is 11.3. The smallest absolute Gasteiger partial charge is 0.290 e. The Labute approximate surface area is 197 Å². The number of carbonyl (C=O) groups is 2. The molecule has 8 heteroatoms. The Kier molecular flexibility index (Phi) is 6.13. The van der Waals surface area contributed by atoms with Gasteiger partial charge in [0.1, 0.15) is 17.8 Å². The lowest BCUT2D eigenvalue weighted by Crippen LogP contribution is -2.62. The number of nitriles is 1. The van der Waals surface area contributed by atoms with Gasteiger partial charge in [-0.25, -0.2) is 9.37 Å². The standard InChI is InChI=1S/C26H27FN4O3/c1-16(2)19-13-20(17-5-7-18(27)8-6-17)29-21-14-22(34-24(19)21)25(33)31-12-11-30(15-26(31,3)4)23(32)9-10-28/h5-8,13-14,16H,9,11-12,15H2,1-4H3. The van der Waals surface area contributed by atoms with Crippen molar-refractivity contribution in [3.8, 4) is 17.3 Å². The third kappa shape index (κ3) is 4.38. The first-order valence-corrected chi connectivity index (χ1v) is 11.3. The summed E-state index contributed by atoms with van der Waals surface area (Å²) in [5.41, 5.74) is 2.86. The topological polar surface area (TPSA) is 90.4 Å². The minimum Gasteiger partial charge on any atom is -0.449 e. The Morgan fingerprint density at radius 3 is 2.53 bits per heavy atom. The zero-order chi connectivity index (χ0) is 24.6. The number of furan rings is 1. The third-order valence-corrected chi connectivity index (χ3v) is 6.21. The normalized spacial score (nSPS) is 15.6. The van der Waals surface area contributed by atoms with Crippen LogP contribution in [-0.4, -0.2) is 51.8 Å². The highest BCUT2D eigenvalue weighted by molar-refractivity contribution is 5.97. The van der Waals surface area contributed by atoms with Gasteiger partial charge < -0.3 is 14.2 Å². The van der Waals surface area contributed by atoms with Crippen LogP contribution in [0, 0.1) is 17.1 Å². The molecule has 0 bridgehead atoms. The minimum atomic E-state index is -0.632. The number of amides is 2. The van der Waals surface area contributed by atoms with Crippen molar-refractivity contribution in [1.82, 2.24) is 14.8 Å². The summed E-state index contributed by atoms with van der Waals surface area (Å²) in [6, 6.07) is 11.6. The van der Waals surface area contributed by atoms with Crippen molar-refractivity contribution in [3.05, 3.63) is 53.5 Å². The Morgan fingerprint density at radius 1 is 1.21 bits per heavy atom. The van der Waals surface area contributed by atoms with Crippen LogP contribution in [0.25, 0.3) is 22.4 Å². The van der Waals surface area contributed by atoms with Crippen molar-refractivity contribution >= 4 is 22.9 Å². The van der Waals surface area contributed by atoms with E-state index in [2.05, 4.69) is 4.98 Å². The first-order chi connectivity index (χ1) is 16.1. The highest BCUT2D eigenvalue weighted by atomic mass is 19.1. The predicted molar refractivity (Wildman–Crippen MR) is 125 cm³/mol. The predicted octanol–water partition coefficient (Wildman–Crippen LogP) is 4.73. The number of hydrogen-bond donors (Lipinski definition) is 0. The second kappa shape index (κ2) is 8.90. The van der Waals surface area contributed by atoms with Crippen molar-refractivity contribution in [2.75, 3.05) is 19.6 Å². The van der Waals surface area contributed by atoms with E-state index in [1.165, 1.54) is 12.1 Å². The van der Waals surface area contributed by atoms with E-state index >= 15 is 0 Å². The summed E-state index contributed by atoms with van der Waals surface area (Å²) in [5, 5.41) is 8.82. The van der Waals surface area contributed by atoms with Gasteiger partial charge in [0.25, 0.3) is 5.91 Å². The van der Waals surface area contributed by atoms with Crippen LogP contribution in [0.4, 0.5) is 4.39 Å². The van der Waals surface area contributed by atoms with Gasteiger partial charge in [-0.3, -0.25) is 9.59 Å². The summed E-state index contributed by atoms with van der Waals surface area (Å²) in [5.74, 6) is -0.517. The molecular formula is C26H27FN4O3. The minimum absolute atomic E-state index is 0.116. The van der Waals surface area contributed by atoms with Gasteiger partial charge in [0.05, 0.1) is 17.3 Å². The number of aromatic nitrogens is 1. The Balaban J connectivity index is 1.68. The van der Waals surface area contributed by atoms with Gasteiger partial charge in [-0.15, -0.1) is 0 Å². The molecule has 34 heavy (non-hydrogen) atoms. The highest BCUT2D eigenvalue weighted by Gasteiger charge is 2.39. The maximum absolute atomic E-state index is 13.5. The number of pyridine rings is 1. The van der Waals surface area contributed by atoms with Crippen LogP contribution < -0.4 is 0 Å². The number of halogens is 1. The van der Waals surface area contributed by atoms with E-state index in [1.807, 2.05) is 39.8 Å². The second-order valence-electron chi connectivity index (χ2n) is 9.50. The van der Waals surface area contributed by atoms with Crippen molar-refractivity contribution < 1.29 is 18.4 Å². The molecule has 0 unspecified atom stereocenters. The van der Waals surface area contributed by atoms with Crippen LogP contribution in [0.2, 0.25) is 0 Å². The summed E-state index contributed by atoms with van der Waals surface area (Å²) >= 11 is 0. The molecule has 1 aromatic carbocycles. The van der Waals surface area contributed by atoms with Gasteiger partial charge in [0.2, 0.25) is 5.91 Å². The molecule has 0 aliphatic carbocycles. The molecule has 2 aromatic heterocycles. The molecule has 1 aliphatic rings. The largest absolute Gasteiger partial charge is 0.449 e. The van der Waals surface area contributed by atoms with Crippen molar-refractivity contribution in [3.63, 3.8) is 0 Å². The van der Waals surface area contributed by atoms with Crippen LogP contribution in [0.1, 0.15) is 56.2 Å². The van der Waals surface area contributed by atoms with Crippen molar-refractivity contribution in [2.45, 2.75) is 45.6 Å². The fraction of sp³-hybridized carbons (Fsp3) is 0.385. The summed E-state index contributed by atoms with van der Waals surface area (Å²) in [6.45, 7) is 8.89. The molecule has 0 saturated carbocycles. The quantitative estimate of drug-likeness (QED) is 0.559. The monoisotopic (exact) mass is 462 g/mol. The van der Waals surface area contributed by atoms with Gasteiger partial charge in [-0.1, -0.05) is 13.8 Å². The fourth-order valence-electron chi connectivity index (χ4n) is 4.41. The van der Waals surface area contributed by atoms with E-state index in [-0.39, 0.29) is 35.7 Å². The molecular weight excluding hydrogens is 435 g/mol. The summed E-state index contributed by atoms with van der Waals surface area (Å²) in [6.07, 6.45) is -0.173. The van der Waals surface area contributed by atoms with Crippen LogP contribution in [0.15, 0.2) is 40.8 Å². The Bertz CT molecular complexity index is 1290. The SMILES string of the molecule is CC(C)c1cc(-c2ccc(F)cc2)nc2cc(C(=O)N3CCN(C(=O)CC#N)CC3(C)C)oc12. The third-order valence-electron chi connectivity index (χ3n) is 6.21. The molecule has 0 atom stereocenters. The zero-order valence-corrected chi connectivity index (χ0v) is 19.8. The van der Waals surface area contributed by atoms with Gasteiger partial charge >= 0.3 is 0 Å². The van der Waals surface area contributed by atoms with Gasteiger partial charge in [0, 0.05) is 36.8 Å². The molecule has 3 heterocycles. The van der Waals surface area contributed by atoms with Crippen LogP contribution >= 0.6 is 0 Å². The molecule has 1 fully saturated rings. The lowest BCUT2D eigenvalue weighted by atomic mass is 9.98. The van der Waals surface area contributed by atoms with Gasteiger partial charge in [0.15, 0.2) is 11.3 Å². The number of fused-ring (bicyclic) bond motifs is 1. The highest BCUT2D eigenvalue weighted by Crippen LogP contribution is 2.33. The van der Waals surface area contributed by atoms with Crippen LogP contribution in [0.5, 0.6) is 0 Å². The number of benzene rings is 1. The molecule has 0 radical (unpaired) electrons. The maximum Gasteiger partial charge on any atom is 0.290 e. The van der Waals surface area contributed by atoms with Crippen molar-refractivity contribution in [1.29, 1.82) is 5.26 Å². The molecule has 176 valence electrons. The molecule has 0 N–H and O–H groups in total. The number of rotatable bonds is 4. The first kappa shape index (κ1) is 23.4. The Morgan fingerprint density at radius 2 is 1.91 bits per heavy atom. The van der Waals surface area contributed by atoms with Gasteiger partial charge in [-0.05, 0) is 50.1 Å². The Hall–Kier alpha value is -3.73. The van der Waals surface area contributed by atoms with E-state index < -0.39 is 5.54 Å². The second-order valence-corrected chi connectivity index (χ2v) is 9.50. The molecule has 7 nitrogen and oxygen atoms in total. The average Bonchev–Trinajstić information content (AvgIpc) is 3.22. The fourth-order valence-corrected chi connectivity index (χ4v) is 4.41. The van der Waals surface area contributed by atoms with Crippen LogP contribution in [0.3, 0.4) is 0 Å². The summed E-state index contributed by atoms with van der Waals surface area (Å²) < 4.78 is 19.4. The van der Waals surface area contributed by atoms with E-state index in [1.54, 1.807) is 28.0 Å².